The summed E-state index contributed by atoms with van der Waals surface area (Å²) in [7, 11) is 2.86. The van der Waals surface area contributed by atoms with Crippen LogP contribution in [0.15, 0.2) is 41.2 Å². The molecule has 2 bridgehead atoms. The standard InChI is InChI=1S/C28H34FN5O4/c1-17(30-18(2)35)28(38-4)34-26(19-5-7-23(29)25(15-19)37-3)31-24-8-6-21(16-22(24)27(34)36)33-14-13-32-11-9-20(33)10-12-32/h5-8,15-17,20,28H,9-14H2,1-4H3,(H,30,35). The fourth-order valence-corrected chi connectivity index (χ4v) is 5.76. The molecule has 2 aromatic carbocycles. The third-order valence-corrected chi connectivity index (χ3v) is 7.63. The second-order valence-corrected chi connectivity index (χ2v) is 10.0. The molecule has 1 aromatic heterocycles. The van der Waals surface area contributed by atoms with Crippen molar-refractivity contribution in [2.45, 2.75) is 45.0 Å². The van der Waals surface area contributed by atoms with Crippen LogP contribution in [-0.4, -0.2) is 72.8 Å². The summed E-state index contributed by atoms with van der Waals surface area (Å²) in [4.78, 5) is 35.8. The van der Waals surface area contributed by atoms with Crippen molar-refractivity contribution >= 4 is 22.5 Å². The number of hydrogen-bond donors (Lipinski definition) is 1. The van der Waals surface area contributed by atoms with Gasteiger partial charge in [-0.25, -0.2) is 9.37 Å². The maximum Gasteiger partial charge on any atom is 0.263 e. The molecule has 6 rings (SSSR count). The van der Waals surface area contributed by atoms with E-state index in [9.17, 15) is 14.0 Å². The fraction of sp³-hybridized carbons (Fsp3) is 0.464. The zero-order valence-electron chi connectivity index (χ0n) is 22.2. The van der Waals surface area contributed by atoms with Crippen LogP contribution >= 0.6 is 0 Å². The van der Waals surface area contributed by atoms with E-state index in [0.29, 0.717) is 28.3 Å². The molecule has 1 amide bonds. The maximum atomic E-state index is 14.2. The Labute approximate surface area is 221 Å². The van der Waals surface area contributed by atoms with Gasteiger partial charge in [0.25, 0.3) is 5.56 Å². The number of carbonyl (C=O) groups is 1. The van der Waals surface area contributed by atoms with Crippen LogP contribution in [0.3, 0.4) is 0 Å². The van der Waals surface area contributed by atoms with Gasteiger partial charge in [-0.1, -0.05) is 0 Å². The summed E-state index contributed by atoms with van der Waals surface area (Å²) in [5, 5.41) is 3.27. The second kappa shape index (κ2) is 10.7. The Hall–Kier alpha value is -3.50. The van der Waals surface area contributed by atoms with E-state index in [1.807, 2.05) is 18.2 Å². The van der Waals surface area contributed by atoms with Gasteiger partial charge in [-0.2, -0.15) is 0 Å². The first-order valence-corrected chi connectivity index (χ1v) is 13.0. The molecular weight excluding hydrogens is 489 g/mol. The molecule has 0 saturated carbocycles. The van der Waals surface area contributed by atoms with Crippen LogP contribution in [-0.2, 0) is 9.53 Å². The summed E-state index contributed by atoms with van der Waals surface area (Å²) in [5.74, 6) is -0.443. The van der Waals surface area contributed by atoms with Gasteiger partial charge in [-0.3, -0.25) is 14.2 Å². The van der Waals surface area contributed by atoms with E-state index in [-0.39, 0.29) is 17.2 Å². The highest BCUT2D eigenvalue weighted by Gasteiger charge is 2.30. The number of carbonyl (C=O) groups excluding carboxylic acids is 1. The van der Waals surface area contributed by atoms with Crippen LogP contribution in [0.2, 0.25) is 0 Å². The van der Waals surface area contributed by atoms with Gasteiger partial charge in [0.2, 0.25) is 5.91 Å². The van der Waals surface area contributed by atoms with Gasteiger partial charge in [-0.15, -0.1) is 0 Å². The monoisotopic (exact) mass is 523 g/mol. The number of aromatic nitrogens is 2. The van der Waals surface area contributed by atoms with Gasteiger partial charge in [0, 0.05) is 57.5 Å². The Kier molecular flexibility index (Phi) is 7.36. The molecule has 1 N–H and O–H groups in total. The highest BCUT2D eigenvalue weighted by Crippen LogP contribution is 2.31. The van der Waals surface area contributed by atoms with Crippen LogP contribution < -0.4 is 20.5 Å². The molecule has 3 saturated heterocycles. The minimum Gasteiger partial charge on any atom is -0.494 e. The van der Waals surface area contributed by atoms with Crippen molar-refractivity contribution in [1.82, 2.24) is 19.8 Å². The molecule has 0 aliphatic carbocycles. The first-order valence-electron chi connectivity index (χ1n) is 13.0. The fourth-order valence-electron chi connectivity index (χ4n) is 5.76. The van der Waals surface area contributed by atoms with Gasteiger partial charge in [-0.05, 0) is 56.2 Å². The van der Waals surface area contributed by atoms with Crippen LogP contribution in [0.4, 0.5) is 10.1 Å². The summed E-state index contributed by atoms with van der Waals surface area (Å²) in [6, 6.07) is 10.0. The lowest BCUT2D eigenvalue weighted by molar-refractivity contribution is -0.121. The van der Waals surface area contributed by atoms with E-state index in [1.165, 1.54) is 37.8 Å². The smallest absolute Gasteiger partial charge is 0.263 e. The van der Waals surface area contributed by atoms with E-state index in [1.54, 1.807) is 13.0 Å². The van der Waals surface area contributed by atoms with Gasteiger partial charge in [0.1, 0.15) is 5.82 Å². The molecule has 3 fully saturated rings. The zero-order valence-corrected chi connectivity index (χ0v) is 22.2. The van der Waals surface area contributed by atoms with Gasteiger partial charge in [0.05, 0.1) is 24.1 Å². The number of methoxy groups -OCH3 is 2. The van der Waals surface area contributed by atoms with E-state index in [0.717, 1.165) is 44.7 Å². The number of rotatable bonds is 7. The number of halogens is 1. The van der Waals surface area contributed by atoms with Crippen LogP contribution in [0.1, 0.15) is 32.9 Å². The topological polar surface area (TPSA) is 88.9 Å². The lowest BCUT2D eigenvalue weighted by Gasteiger charge is -2.33. The Bertz CT molecular complexity index is 1400. The average Bonchev–Trinajstić information content (AvgIpc) is 3.24. The number of benzene rings is 2. The molecule has 2 atom stereocenters. The summed E-state index contributed by atoms with van der Waals surface area (Å²) >= 11 is 0. The third kappa shape index (κ3) is 4.86. The molecular formula is C28H34FN5O4. The van der Waals surface area contributed by atoms with Crippen LogP contribution in [0.25, 0.3) is 22.3 Å². The average molecular weight is 524 g/mol. The van der Waals surface area contributed by atoms with Crippen molar-refractivity contribution in [3.05, 3.63) is 52.6 Å². The Balaban J connectivity index is 1.69. The first kappa shape index (κ1) is 26.1. The Morgan fingerprint density at radius 3 is 2.55 bits per heavy atom. The molecule has 10 heteroatoms. The normalized spacial score (nSPS) is 20.7. The first-order chi connectivity index (χ1) is 18.3. The highest BCUT2D eigenvalue weighted by atomic mass is 19.1. The van der Waals surface area contributed by atoms with Crippen molar-refractivity contribution in [1.29, 1.82) is 0 Å². The summed E-state index contributed by atoms with van der Waals surface area (Å²) < 4.78 is 26.6. The molecule has 4 heterocycles. The lowest BCUT2D eigenvalue weighted by atomic mass is 10.0. The predicted octanol–water partition coefficient (Wildman–Crippen LogP) is 3.17. The van der Waals surface area contributed by atoms with Crippen molar-refractivity contribution in [3.63, 3.8) is 0 Å². The molecule has 202 valence electrons. The van der Waals surface area contributed by atoms with Gasteiger partial charge < -0.3 is 24.6 Å². The van der Waals surface area contributed by atoms with Crippen LogP contribution in [0, 0.1) is 5.82 Å². The largest absolute Gasteiger partial charge is 0.494 e. The molecule has 3 aliphatic heterocycles. The van der Waals surface area contributed by atoms with E-state index in [4.69, 9.17) is 14.5 Å². The number of anilines is 1. The van der Waals surface area contributed by atoms with Crippen molar-refractivity contribution in [2.24, 2.45) is 0 Å². The van der Waals surface area contributed by atoms with E-state index >= 15 is 0 Å². The third-order valence-electron chi connectivity index (χ3n) is 7.63. The number of hydrogen-bond acceptors (Lipinski definition) is 7. The van der Waals surface area contributed by atoms with Gasteiger partial charge >= 0.3 is 0 Å². The molecule has 9 nitrogen and oxygen atoms in total. The minimum absolute atomic E-state index is 0.0365. The molecule has 3 aliphatic rings. The summed E-state index contributed by atoms with van der Waals surface area (Å²) in [6.45, 7) is 7.29. The molecule has 0 spiro atoms. The summed E-state index contributed by atoms with van der Waals surface area (Å²) in [6.07, 6.45) is 1.34. The Morgan fingerprint density at radius 2 is 1.87 bits per heavy atom. The Morgan fingerprint density at radius 1 is 1.11 bits per heavy atom. The zero-order chi connectivity index (χ0) is 27.0. The second-order valence-electron chi connectivity index (χ2n) is 10.0. The van der Waals surface area contributed by atoms with Crippen molar-refractivity contribution in [3.8, 4) is 17.1 Å². The molecule has 3 aromatic rings. The number of nitrogens with one attached hydrogen (secondary N) is 1. The van der Waals surface area contributed by atoms with E-state index in [2.05, 4.69) is 15.1 Å². The van der Waals surface area contributed by atoms with Gasteiger partial charge in [0.15, 0.2) is 17.8 Å². The number of amides is 1. The maximum absolute atomic E-state index is 14.2. The minimum atomic E-state index is -0.861. The number of piperidine rings is 1. The van der Waals surface area contributed by atoms with Crippen LogP contribution in [0.5, 0.6) is 5.75 Å². The number of fused-ring (bicyclic) bond motifs is 5. The predicted molar refractivity (Wildman–Crippen MR) is 144 cm³/mol. The molecule has 2 unspecified atom stereocenters. The number of ether oxygens (including phenoxy) is 2. The SMILES string of the molecule is COc1cc(-c2nc3ccc(N4CCN5CCC4CC5)cc3c(=O)n2C(OC)C(C)NC(C)=O)ccc1F. The van der Waals surface area contributed by atoms with Crippen molar-refractivity contribution in [2.75, 3.05) is 45.3 Å². The summed E-state index contributed by atoms with van der Waals surface area (Å²) in [5.41, 5.74) is 1.71. The molecule has 0 radical (unpaired) electrons. The molecule has 38 heavy (non-hydrogen) atoms. The van der Waals surface area contributed by atoms with Crippen molar-refractivity contribution < 1.29 is 18.7 Å². The highest BCUT2D eigenvalue weighted by molar-refractivity contribution is 5.84. The van der Waals surface area contributed by atoms with E-state index < -0.39 is 18.1 Å². The lowest BCUT2D eigenvalue weighted by Crippen LogP contribution is -2.43. The number of nitrogens with zero attached hydrogens (tertiary/aromatic N) is 4. The quantitative estimate of drug-likeness (QED) is 0.509.